The third kappa shape index (κ3) is 3.54. The molecule has 0 aliphatic carbocycles. The molecule has 7 heteroatoms. The minimum atomic E-state index is -0.410. The summed E-state index contributed by atoms with van der Waals surface area (Å²) in [6.45, 7) is 1.70. The van der Waals surface area contributed by atoms with Crippen molar-refractivity contribution in [1.29, 1.82) is 0 Å². The van der Waals surface area contributed by atoms with Gasteiger partial charge in [0.1, 0.15) is 5.75 Å². The van der Waals surface area contributed by atoms with E-state index in [4.69, 9.17) is 4.74 Å². The second-order valence-corrected chi connectivity index (χ2v) is 7.27. The van der Waals surface area contributed by atoms with Gasteiger partial charge in [0, 0.05) is 39.1 Å². The van der Waals surface area contributed by atoms with Crippen LogP contribution in [0.1, 0.15) is 22.4 Å². The lowest BCUT2D eigenvalue weighted by Gasteiger charge is -2.14. The van der Waals surface area contributed by atoms with Crippen molar-refractivity contribution >= 4 is 33.5 Å². The minimum absolute atomic E-state index is 0.224. The molecule has 0 unspecified atom stereocenters. The summed E-state index contributed by atoms with van der Waals surface area (Å²) in [4.78, 5) is 14.6. The van der Waals surface area contributed by atoms with Gasteiger partial charge in [-0.2, -0.15) is 5.10 Å². The zero-order valence-electron chi connectivity index (χ0n) is 15.1. The van der Waals surface area contributed by atoms with Crippen molar-refractivity contribution in [3.8, 4) is 11.5 Å². The second kappa shape index (κ2) is 7.75. The summed E-state index contributed by atoms with van der Waals surface area (Å²) < 4.78 is 22.0. The number of benzene rings is 2. The molecule has 142 valence electrons. The van der Waals surface area contributed by atoms with Gasteiger partial charge in [0.15, 0.2) is 11.6 Å². The fraction of sp³-hybridized carbons (Fsp3) is 0.143. The standard InChI is InChI=1S/C21H17FIN3O2/c1-12-9-15(25-26-21(12)27)10-13-5-6-14(11-23)20(19(13)22)28-18-4-2-3-17-16(18)7-8-24-17/h2-9,24H,10-11H2,1H3,(H,26,27). The van der Waals surface area contributed by atoms with Gasteiger partial charge in [-0.1, -0.05) is 40.8 Å². The average Bonchev–Trinajstić information content (AvgIpc) is 3.18. The largest absolute Gasteiger partial charge is 0.453 e. The Bertz CT molecular complexity index is 1220. The Hall–Kier alpha value is -2.68. The maximum Gasteiger partial charge on any atom is 0.267 e. The summed E-state index contributed by atoms with van der Waals surface area (Å²) in [5.74, 6) is 0.410. The first-order chi connectivity index (χ1) is 13.6. The number of aromatic amines is 2. The zero-order chi connectivity index (χ0) is 19.7. The molecule has 0 fully saturated rings. The first-order valence-corrected chi connectivity index (χ1v) is 10.2. The molecule has 0 amide bonds. The van der Waals surface area contributed by atoms with Crippen LogP contribution in [0.15, 0.2) is 53.5 Å². The fourth-order valence-electron chi connectivity index (χ4n) is 3.09. The van der Waals surface area contributed by atoms with Gasteiger partial charge in [0.05, 0.1) is 5.69 Å². The van der Waals surface area contributed by atoms with Crippen LogP contribution in [0.5, 0.6) is 11.5 Å². The van der Waals surface area contributed by atoms with E-state index in [1.165, 1.54) is 0 Å². The molecule has 2 N–H and O–H groups in total. The average molecular weight is 489 g/mol. The highest BCUT2D eigenvalue weighted by Crippen LogP contribution is 2.35. The highest BCUT2D eigenvalue weighted by atomic mass is 127. The SMILES string of the molecule is Cc1cc(Cc2ccc(CI)c(Oc3cccc4[nH]ccc34)c2F)n[nH]c1=O. The summed E-state index contributed by atoms with van der Waals surface area (Å²) in [6, 6.07) is 12.8. The monoisotopic (exact) mass is 489 g/mol. The van der Waals surface area contributed by atoms with Gasteiger partial charge < -0.3 is 9.72 Å². The molecule has 0 atom stereocenters. The highest BCUT2D eigenvalue weighted by molar-refractivity contribution is 14.1. The van der Waals surface area contributed by atoms with E-state index < -0.39 is 5.82 Å². The molecule has 4 rings (SSSR count). The van der Waals surface area contributed by atoms with Gasteiger partial charge in [0.2, 0.25) is 0 Å². The fourth-order valence-corrected chi connectivity index (χ4v) is 3.69. The third-order valence-electron chi connectivity index (χ3n) is 4.58. The van der Waals surface area contributed by atoms with Crippen molar-refractivity contribution in [2.45, 2.75) is 17.8 Å². The number of halogens is 2. The predicted octanol–water partition coefficient (Wildman–Crippen LogP) is 5.02. The van der Waals surface area contributed by atoms with Crippen LogP contribution in [-0.2, 0) is 10.8 Å². The van der Waals surface area contributed by atoms with Crippen LogP contribution in [0.2, 0.25) is 0 Å². The Balaban J connectivity index is 1.74. The van der Waals surface area contributed by atoms with E-state index >= 15 is 4.39 Å². The quantitative estimate of drug-likeness (QED) is 0.306. The van der Waals surface area contributed by atoms with Crippen LogP contribution >= 0.6 is 22.6 Å². The van der Waals surface area contributed by atoms with Crippen LogP contribution in [0.3, 0.4) is 0 Å². The Labute approximate surface area is 174 Å². The number of alkyl halides is 1. The van der Waals surface area contributed by atoms with Gasteiger partial charge in [-0.15, -0.1) is 0 Å². The van der Waals surface area contributed by atoms with E-state index in [-0.39, 0.29) is 17.7 Å². The Morgan fingerprint density at radius 3 is 2.79 bits per heavy atom. The lowest BCUT2D eigenvalue weighted by Crippen LogP contribution is -2.13. The van der Waals surface area contributed by atoms with Gasteiger partial charge in [-0.05, 0) is 36.8 Å². The maximum atomic E-state index is 15.4. The Kier molecular flexibility index (Phi) is 5.17. The van der Waals surface area contributed by atoms with Crippen LogP contribution in [0, 0.1) is 12.7 Å². The molecular weight excluding hydrogens is 472 g/mol. The molecule has 0 aliphatic heterocycles. The lowest BCUT2D eigenvalue weighted by molar-refractivity contribution is 0.439. The molecular formula is C21H17FIN3O2. The number of ether oxygens (including phenoxy) is 1. The summed E-state index contributed by atoms with van der Waals surface area (Å²) in [5, 5.41) is 7.35. The van der Waals surface area contributed by atoms with Crippen molar-refractivity contribution in [2.24, 2.45) is 0 Å². The molecule has 0 saturated heterocycles. The number of hydrogen-bond donors (Lipinski definition) is 2. The number of hydrogen-bond acceptors (Lipinski definition) is 3. The molecule has 0 spiro atoms. The summed E-state index contributed by atoms with van der Waals surface area (Å²) in [7, 11) is 0. The van der Waals surface area contributed by atoms with Crippen molar-refractivity contribution in [2.75, 3.05) is 0 Å². The van der Waals surface area contributed by atoms with Crippen LogP contribution in [0.4, 0.5) is 4.39 Å². The number of H-pyrrole nitrogens is 2. The molecule has 2 aromatic carbocycles. The van der Waals surface area contributed by atoms with E-state index in [1.54, 1.807) is 19.1 Å². The number of aryl methyl sites for hydroxylation is 1. The first kappa shape index (κ1) is 18.7. The number of nitrogens with one attached hydrogen (secondary N) is 2. The van der Waals surface area contributed by atoms with Crippen LogP contribution < -0.4 is 10.3 Å². The second-order valence-electron chi connectivity index (χ2n) is 6.51. The van der Waals surface area contributed by atoms with Gasteiger partial charge in [-0.25, -0.2) is 9.49 Å². The predicted molar refractivity (Wildman–Crippen MR) is 115 cm³/mol. The van der Waals surface area contributed by atoms with E-state index in [1.807, 2.05) is 36.5 Å². The van der Waals surface area contributed by atoms with E-state index in [9.17, 15) is 4.79 Å². The third-order valence-corrected chi connectivity index (χ3v) is 5.41. The van der Waals surface area contributed by atoms with Crippen LogP contribution in [0.25, 0.3) is 10.9 Å². The van der Waals surface area contributed by atoms with E-state index in [0.717, 1.165) is 16.5 Å². The number of rotatable bonds is 5. The molecule has 0 radical (unpaired) electrons. The number of fused-ring (bicyclic) bond motifs is 1. The van der Waals surface area contributed by atoms with Crippen molar-refractivity contribution < 1.29 is 9.13 Å². The number of nitrogens with zero attached hydrogens (tertiary/aromatic N) is 1. The summed E-state index contributed by atoms with van der Waals surface area (Å²) >= 11 is 2.19. The molecule has 5 nitrogen and oxygen atoms in total. The molecule has 0 saturated carbocycles. The maximum absolute atomic E-state index is 15.4. The first-order valence-electron chi connectivity index (χ1n) is 8.72. The normalized spacial score (nSPS) is 11.1. The molecule has 4 aromatic rings. The Morgan fingerprint density at radius 2 is 2.00 bits per heavy atom. The minimum Gasteiger partial charge on any atom is -0.453 e. The van der Waals surface area contributed by atoms with Gasteiger partial charge in [-0.3, -0.25) is 4.79 Å². The van der Waals surface area contributed by atoms with E-state index in [2.05, 4.69) is 37.8 Å². The van der Waals surface area contributed by atoms with Crippen molar-refractivity contribution in [1.82, 2.24) is 15.2 Å². The van der Waals surface area contributed by atoms with Crippen LogP contribution in [-0.4, -0.2) is 15.2 Å². The molecule has 2 heterocycles. The Morgan fingerprint density at radius 1 is 1.18 bits per heavy atom. The highest BCUT2D eigenvalue weighted by Gasteiger charge is 2.17. The molecule has 28 heavy (non-hydrogen) atoms. The molecule has 2 aromatic heterocycles. The van der Waals surface area contributed by atoms with Crippen molar-refractivity contribution in [3.05, 3.63) is 87.2 Å². The topological polar surface area (TPSA) is 70.8 Å². The summed E-state index contributed by atoms with van der Waals surface area (Å²) in [5.41, 5.74) is 3.07. The van der Waals surface area contributed by atoms with Crippen molar-refractivity contribution in [3.63, 3.8) is 0 Å². The zero-order valence-corrected chi connectivity index (χ0v) is 17.2. The smallest absolute Gasteiger partial charge is 0.267 e. The van der Waals surface area contributed by atoms with Gasteiger partial charge in [0.25, 0.3) is 5.56 Å². The van der Waals surface area contributed by atoms with Gasteiger partial charge >= 0.3 is 0 Å². The summed E-state index contributed by atoms with van der Waals surface area (Å²) in [6.07, 6.45) is 2.09. The lowest BCUT2D eigenvalue weighted by atomic mass is 10.0. The number of aromatic nitrogens is 3. The molecule has 0 aliphatic rings. The van der Waals surface area contributed by atoms with E-state index in [0.29, 0.717) is 27.0 Å². The molecule has 0 bridgehead atoms.